The maximum absolute atomic E-state index is 12.3. The summed E-state index contributed by atoms with van der Waals surface area (Å²) in [4.78, 5) is 24.6. The van der Waals surface area contributed by atoms with Crippen molar-refractivity contribution in [1.29, 1.82) is 0 Å². The predicted molar refractivity (Wildman–Crippen MR) is 137 cm³/mol. The van der Waals surface area contributed by atoms with Gasteiger partial charge < -0.3 is 15.4 Å². The van der Waals surface area contributed by atoms with Crippen LogP contribution >= 0.6 is 11.8 Å². The van der Waals surface area contributed by atoms with E-state index in [0.717, 1.165) is 16.7 Å². The summed E-state index contributed by atoms with van der Waals surface area (Å²) in [7, 11) is 0. The monoisotopic (exact) mass is 474 g/mol. The Labute approximate surface area is 205 Å². The van der Waals surface area contributed by atoms with E-state index in [2.05, 4.69) is 83.4 Å². The molecule has 0 radical (unpaired) electrons. The third kappa shape index (κ3) is 5.12. The predicted octanol–water partition coefficient (Wildman–Crippen LogP) is 5.10. The van der Waals surface area contributed by atoms with Gasteiger partial charge in [-0.25, -0.2) is 4.79 Å². The van der Waals surface area contributed by atoms with Crippen molar-refractivity contribution in [2.24, 2.45) is 0 Å². The number of benzene rings is 3. The van der Waals surface area contributed by atoms with Crippen LogP contribution < -0.4 is 10.6 Å². The van der Waals surface area contributed by atoms with Crippen molar-refractivity contribution in [3.63, 3.8) is 0 Å². The number of hydrogen-bond acceptors (Lipinski definition) is 4. The highest BCUT2D eigenvalue weighted by Gasteiger charge is 2.44. The van der Waals surface area contributed by atoms with Crippen molar-refractivity contribution in [1.82, 2.24) is 10.6 Å². The summed E-state index contributed by atoms with van der Waals surface area (Å²) in [6.45, 7) is 5.40. The van der Waals surface area contributed by atoms with Crippen molar-refractivity contribution < 1.29 is 14.3 Å². The van der Waals surface area contributed by atoms with Gasteiger partial charge in [0.2, 0.25) is 5.91 Å². The van der Waals surface area contributed by atoms with Gasteiger partial charge in [0.1, 0.15) is 11.6 Å². The zero-order valence-corrected chi connectivity index (χ0v) is 20.5. The number of hydrogen-bond donors (Lipinski definition) is 2. The normalized spacial score (nSPS) is 17.9. The maximum atomic E-state index is 12.3. The average Bonchev–Trinajstić information content (AvgIpc) is 2.83. The summed E-state index contributed by atoms with van der Waals surface area (Å²) in [6.07, 6.45) is -0.581. The third-order valence-corrected chi connectivity index (χ3v) is 7.37. The van der Waals surface area contributed by atoms with Gasteiger partial charge in [0.05, 0.1) is 10.8 Å². The Hall–Kier alpha value is -3.25. The highest BCUT2D eigenvalue weighted by Crippen LogP contribution is 2.48. The molecular weight excluding hydrogens is 444 g/mol. The van der Waals surface area contributed by atoms with E-state index in [-0.39, 0.29) is 11.9 Å². The molecule has 5 nitrogen and oxygen atoms in total. The van der Waals surface area contributed by atoms with E-state index >= 15 is 0 Å². The molecule has 2 amide bonds. The zero-order chi connectivity index (χ0) is 24.2. The number of ether oxygens (including phenoxy) is 1. The van der Waals surface area contributed by atoms with Crippen molar-refractivity contribution in [2.45, 2.75) is 43.2 Å². The van der Waals surface area contributed by atoms with Crippen molar-refractivity contribution >= 4 is 23.8 Å². The van der Waals surface area contributed by atoms with Gasteiger partial charge in [0.15, 0.2) is 0 Å². The molecule has 1 fully saturated rings. The number of carbonyl (C=O) groups is 2. The fraction of sp³-hybridized carbons (Fsp3) is 0.286. The topological polar surface area (TPSA) is 67.4 Å². The quantitative estimate of drug-likeness (QED) is 0.369. The highest BCUT2D eigenvalue weighted by molar-refractivity contribution is 8.00. The smallest absolute Gasteiger partial charge is 0.408 e. The summed E-state index contributed by atoms with van der Waals surface area (Å²) < 4.78 is 4.87. The molecule has 34 heavy (non-hydrogen) atoms. The van der Waals surface area contributed by atoms with Crippen molar-refractivity contribution in [3.05, 3.63) is 108 Å². The Morgan fingerprint density at radius 3 is 1.68 bits per heavy atom. The summed E-state index contributed by atoms with van der Waals surface area (Å²) in [6, 6.07) is 30.4. The van der Waals surface area contributed by atoms with E-state index < -0.39 is 22.5 Å². The van der Waals surface area contributed by atoms with Crippen LogP contribution in [-0.2, 0) is 14.3 Å². The summed E-state index contributed by atoms with van der Waals surface area (Å²) in [5.74, 6) is 0.409. The lowest BCUT2D eigenvalue weighted by Crippen LogP contribution is -2.70. The van der Waals surface area contributed by atoms with Crippen LogP contribution in [0.2, 0.25) is 0 Å². The number of nitrogens with one attached hydrogen (secondary N) is 2. The van der Waals surface area contributed by atoms with Crippen LogP contribution in [0.15, 0.2) is 91.0 Å². The molecule has 4 rings (SSSR count). The first kappa shape index (κ1) is 23.9. The molecule has 2 N–H and O–H groups in total. The average molecular weight is 475 g/mol. The van der Waals surface area contributed by atoms with Gasteiger partial charge in [-0.1, -0.05) is 91.0 Å². The number of rotatable bonds is 7. The second-order valence-electron chi connectivity index (χ2n) is 9.33. The Morgan fingerprint density at radius 2 is 1.29 bits per heavy atom. The summed E-state index contributed by atoms with van der Waals surface area (Å²) >= 11 is 1.75. The molecule has 0 bridgehead atoms. The fourth-order valence-corrected chi connectivity index (χ4v) is 5.78. The van der Waals surface area contributed by atoms with Gasteiger partial charge in [-0.3, -0.25) is 4.79 Å². The molecule has 3 aromatic carbocycles. The van der Waals surface area contributed by atoms with Gasteiger partial charge in [0, 0.05) is 5.75 Å². The number of carbonyl (C=O) groups excluding carboxylic acids is 2. The molecule has 1 heterocycles. The molecule has 0 aromatic heterocycles. The molecule has 176 valence electrons. The summed E-state index contributed by atoms with van der Waals surface area (Å²) in [5.41, 5.74) is 2.83. The van der Waals surface area contributed by atoms with Gasteiger partial charge in [-0.15, -0.1) is 11.8 Å². The standard InChI is InChI=1S/C28H30N2O3S/c1-27(2,3)33-26(32)30-24-23(29-25(24)31)19-34-28(20-13-7-4-8-14-20,21-15-9-5-10-16-21)22-17-11-6-12-18-22/h4-18,23-24H,19H2,1-3H3,(H,29,31)(H,30,32). The maximum Gasteiger partial charge on any atom is 0.408 e. The van der Waals surface area contributed by atoms with Crippen LogP contribution in [0.5, 0.6) is 0 Å². The minimum absolute atomic E-state index is 0.193. The molecule has 0 saturated carbocycles. The number of amides is 2. The van der Waals surface area contributed by atoms with E-state index in [0.29, 0.717) is 5.75 Å². The molecule has 2 unspecified atom stereocenters. The molecule has 3 aromatic rings. The number of β-lactam (4-membered cyclic amide) rings is 1. The second-order valence-corrected chi connectivity index (χ2v) is 10.6. The van der Waals surface area contributed by atoms with Crippen LogP contribution in [0.25, 0.3) is 0 Å². The largest absolute Gasteiger partial charge is 0.444 e. The molecule has 1 saturated heterocycles. The Morgan fingerprint density at radius 1 is 0.853 bits per heavy atom. The Kier molecular flexibility index (Phi) is 6.98. The molecule has 1 aliphatic heterocycles. The van der Waals surface area contributed by atoms with Crippen LogP contribution in [0.4, 0.5) is 4.79 Å². The first-order valence-corrected chi connectivity index (χ1v) is 12.4. The first-order chi connectivity index (χ1) is 16.3. The molecule has 0 aliphatic carbocycles. The molecular formula is C28H30N2O3S. The zero-order valence-electron chi connectivity index (χ0n) is 19.7. The molecule has 6 heteroatoms. The first-order valence-electron chi connectivity index (χ1n) is 11.4. The van der Waals surface area contributed by atoms with E-state index in [1.807, 2.05) is 18.2 Å². The van der Waals surface area contributed by atoms with Gasteiger partial charge in [-0.05, 0) is 37.5 Å². The van der Waals surface area contributed by atoms with E-state index in [1.54, 1.807) is 32.5 Å². The number of alkyl carbamates (subject to hydrolysis) is 1. The minimum Gasteiger partial charge on any atom is -0.444 e. The molecule has 2 atom stereocenters. The van der Waals surface area contributed by atoms with E-state index in [1.165, 1.54) is 0 Å². The highest BCUT2D eigenvalue weighted by atomic mass is 32.2. The van der Waals surface area contributed by atoms with Crippen LogP contribution in [0, 0.1) is 0 Å². The lowest BCUT2D eigenvalue weighted by Gasteiger charge is -2.41. The van der Waals surface area contributed by atoms with Crippen molar-refractivity contribution in [2.75, 3.05) is 5.75 Å². The Bertz CT molecular complexity index is 1020. The second kappa shape index (κ2) is 9.94. The van der Waals surface area contributed by atoms with E-state index in [9.17, 15) is 9.59 Å². The Balaban J connectivity index is 1.65. The lowest BCUT2D eigenvalue weighted by molar-refractivity contribution is -0.131. The minimum atomic E-state index is -0.627. The van der Waals surface area contributed by atoms with Crippen LogP contribution in [0.3, 0.4) is 0 Å². The van der Waals surface area contributed by atoms with Crippen LogP contribution in [-0.4, -0.2) is 35.4 Å². The van der Waals surface area contributed by atoms with Crippen molar-refractivity contribution in [3.8, 4) is 0 Å². The SMILES string of the molecule is CC(C)(C)OC(=O)NC1C(=O)NC1CSC(c1ccccc1)(c1ccccc1)c1ccccc1. The van der Waals surface area contributed by atoms with Crippen LogP contribution in [0.1, 0.15) is 37.5 Å². The van der Waals surface area contributed by atoms with E-state index in [4.69, 9.17) is 4.74 Å². The van der Waals surface area contributed by atoms with Gasteiger partial charge in [0.25, 0.3) is 0 Å². The molecule has 0 spiro atoms. The third-order valence-electron chi connectivity index (χ3n) is 5.71. The molecule has 1 aliphatic rings. The summed E-state index contributed by atoms with van der Waals surface area (Å²) in [5, 5.41) is 5.70. The van der Waals surface area contributed by atoms with Gasteiger partial charge in [-0.2, -0.15) is 0 Å². The fourth-order valence-electron chi connectivity index (χ4n) is 4.16. The number of thioether (sulfide) groups is 1. The van der Waals surface area contributed by atoms with Gasteiger partial charge >= 0.3 is 6.09 Å². The lowest BCUT2D eigenvalue weighted by atomic mass is 9.84.